The normalized spacial score (nSPS) is 12.4. The van der Waals surface area contributed by atoms with E-state index in [2.05, 4.69) is 4.74 Å². The molecule has 0 heterocycles. The van der Waals surface area contributed by atoms with Gasteiger partial charge in [-0.05, 0) is 23.8 Å². The molecular weight excluding hydrogens is 244 g/mol. The first-order valence-corrected chi connectivity index (χ1v) is 5.74. The number of rotatable bonds is 4. The van der Waals surface area contributed by atoms with Gasteiger partial charge in [0.05, 0.1) is 14.2 Å². The van der Waals surface area contributed by atoms with Crippen molar-refractivity contribution in [1.82, 2.24) is 0 Å². The topological polar surface area (TPSA) is 72.8 Å². The number of hydrogen-bond acceptors (Lipinski definition) is 4. The smallest absolute Gasteiger partial charge is 0.330 e. The zero-order valence-corrected chi connectivity index (χ0v) is 10.2. The minimum absolute atomic E-state index is 0.152. The summed E-state index contributed by atoms with van der Waals surface area (Å²) < 4.78 is 29.5. The van der Waals surface area contributed by atoms with Gasteiger partial charge in [0.15, 0.2) is 11.1 Å². The molecule has 0 radical (unpaired) electrons. The van der Waals surface area contributed by atoms with Crippen LogP contribution in [-0.4, -0.2) is 29.0 Å². The molecule has 1 aromatic carbocycles. The van der Waals surface area contributed by atoms with Crippen LogP contribution in [-0.2, 0) is 20.6 Å². The molecule has 1 rings (SSSR count). The van der Waals surface area contributed by atoms with E-state index in [9.17, 15) is 9.00 Å². The van der Waals surface area contributed by atoms with Gasteiger partial charge in [-0.25, -0.2) is 9.00 Å². The van der Waals surface area contributed by atoms with Crippen molar-refractivity contribution in [3.8, 4) is 5.75 Å². The largest absolute Gasteiger partial charge is 0.495 e. The maximum atomic E-state index is 11.0. The lowest BCUT2D eigenvalue weighted by atomic mass is 10.2. The lowest BCUT2D eigenvalue weighted by Gasteiger charge is -2.05. The molecule has 6 heteroatoms. The highest BCUT2D eigenvalue weighted by atomic mass is 32.2. The summed E-state index contributed by atoms with van der Waals surface area (Å²) in [5, 5.41) is 0. The van der Waals surface area contributed by atoms with Crippen LogP contribution in [0.1, 0.15) is 5.56 Å². The second-order valence-corrected chi connectivity index (χ2v) is 3.95. The standard InChI is InChI=1S/C11H12O5S/c1-15-9-5-3-8(4-6-11(12)16-2)7-10(9)17(13)14/h3-7H,1-2H3,(H,13,14)/b6-4+. The van der Waals surface area contributed by atoms with Crippen molar-refractivity contribution >= 4 is 23.1 Å². The van der Waals surface area contributed by atoms with E-state index in [1.54, 1.807) is 12.1 Å². The predicted octanol–water partition coefficient (Wildman–Crippen LogP) is 1.46. The summed E-state index contributed by atoms with van der Waals surface area (Å²) in [6.45, 7) is 0. The highest BCUT2D eigenvalue weighted by molar-refractivity contribution is 7.79. The van der Waals surface area contributed by atoms with Crippen molar-refractivity contribution in [3.63, 3.8) is 0 Å². The van der Waals surface area contributed by atoms with Crippen molar-refractivity contribution in [2.75, 3.05) is 14.2 Å². The molecule has 0 aliphatic rings. The van der Waals surface area contributed by atoms with Gasteiger partial charge in [-0.1, -0.05) is 6.07 Å². The molecule has 0 aliphatic carbocycles. The van der Waals surface area contributed by atoms with Crippen molar-refractivity contribution in [3.05, 3.63) is 29.8 Å². The van der Waals surface area contributed by atoms with Crippen molar-refractivity contribution in [2.24, 2.45) is 0 Å². The van der Waals surface area contributed by atoms with E-state index in [4.69, 9.17) is 9.29 Å². The Morgan fingerprint density at radius 3 is 2.65 bits per heavy atom. The van der Waals surface area contributed by atoms with E-state index >= 15 is 0 Å². The SMILES string of the molecule is COC(=O)/C=C/c1ccc(OC)c(S(=O)O)c1. The lowest BCUT2D eigenvalue weighted by Crippen LogP contribution is -1.96. The van der Waals surface area contributed by atoms with Gasteiger partial charge in [-0.15, -0.1) is 0 Å². The molecule has 1 unspecified atom stereocenters. The monoisotopic (exact) mass is 256 g/mol. The Labute approximate surface area is 101 Å². The molecule has 0 saturated carbocycles. The molecule has 1 aromatic rings. The Bertz CT molecular complexity index is 467. The second-order valence-electron chi connectivity index (χ2n) is 3.02. The van der Waals surface area contributed by atoms with E-state index in [1.165, 1.54) is 32.4 Å². The highest BCUT2D eigenvalue weighted by Gasteiger charge is 2.08. The average Bonchev–Trinajstić information content (AvgIpc) is 2.35. The molecule has 0 bridgehead atoms. The third-order valence-electron chi connectivity index (χ3n) is 1.99. The summed E-state index contributed by atoms with van der Waals surface area (Å²) in [7, 11) is 2.69. The van der Waals surface area contributed by atoms with Gasteiger partial charge in [0.2, 0.25) is 0 Å². The third-order valence-corrected chi connectivity index (χ3v) is 2.68. The van der Waals surface area contributed by atoms with Crippen LogP contribution in [0, 0.1) is 0 Å². The summed E-state index contributed by atoms with van der Waals surface area (Å²) in [4.78, 5) is 11.0. The molecule has 0 aliphatic heterocycles. The first-order valence-electron chi connectivity index (χ1n) is 4.63. The van der Waals surface area contributed by atoms with Gasteiger partial charge in [-0.3, -0.25) is 0 Å². The van der Waals surface area contributed by atoms with E-state index in [0.29, 0.717) is 11.3 Å². The van der Waals surface area contributed by atoms with Crippen LogP contribution >= 0.6 is 0 Å². The van der Waals surface area contributed by atoms with Crippen molar-refractivity contribution in [1.29, 1.82) is 0 Å². The summed E-state index contributed by atoms with van der Waals surface area (Å²) in [5.74, 6) is -0.173. The fourth-order valence-electron chi connectivity index (χ4n) is 1.17. The Kier molecular flexibility index (Phi) is 4.86. The van der Waals surface area contributed by atoms with Gasteiger partial charge in [-0.2, -0.15) is 0 Å². The van der Waals surface area contributed by atoms with Gasteiger partial charge in [0.25, 0.3) is 0 Å². The molecule has 5 nitrogen and oxygen atoms in total. The minimum atomic E-state index is -2.14. The zero-order valence-electron chi connectivity index (χ0n) is 9.38. The Balaban J connectivity index is 3.04. The quantitative estimate of drug-likeness (QED) is 0.501. The molecule has 0 amide bonds. The highest BCUT2D eigenvalue weighted by Crippen LogP contribution is 2.23. The van der Waals surface area contributed by atoms with E-state index in [0.717, 1.165) is 0 Å². The lowest BCUT2D eigenvalue weighted by molar-refractivity contribution is -0.134. The minimum Gasteiger partial charge on any atom is -0.495 e. The van der Waals surface area contributed by atoms with Gasteiger partial charge in [0.1, 0.15) is 10.6 Å². The molecular formula is C11H12O5S. The van der Waals surface area contributed by atoms with Crippen LogP contribution in [0.5, 0.6) is 5.75 Å². The number of carbonyl (C=O) groups is 1. The van der Waals surface area contributed by atoms with E-state index in [1.807, 2.05) is 0 Å². The molecule has 92 valence electrons. The molecule has 0 saturated heterocycles. The zero-order chi connectivity index (χ0) is 12.8. The van der Waals surface area contributed by atoms with Gasteiger partial charge in [0, 0.05) is 6.08 Å². The molecule has 0 aromatic heterocycles. The molecule has 0 spiro atoms. The number of ether oxygens (including phenoxy) is 2. The van der Waals surface area contributed by atoms with Crippen LogP contribution in [0.15, 0.2) is 29.2 Å². The Hall–Kier alpha value is -1.66. The van der Waals surface area contributed by atoms with E-state index in [-0.39, 0.29) is 4.90 Å². The number of methoxy groups -OCH3 is 2. The number of carbonyl (C=O) groups excluding carboxylic acids is 1. The maximum absolute atomic E-state index is 11.0. The van der Waals surface area contributed by atoms with E-state index < -0.39 is 17.0 Å². The van der Waals surface area contributed by atoms with Crippen LogP contribution in [0.4, 0.5) is 0 Å². The molecule has 17 heavy (non-hydrogen) atoms. The molecule has 0 fully saturated rings. The van der Waals surface area contributed by atoms with Crippen molar-refractivity contribution < 1.29 is 23.0 Å². The summed E-state index contributed by atoms with van der Waals surface area (Å²) in [5.41, 5.74) is 0.605. The first kappa shape index (κ1) is 13.4. The first-order chi connectivity index (χ1) is 8.08. The maximum Gasteiger partial charge on any atom is 0.330 e. The van der Waals surface area contributed by atoms with Gasteiger partial charge < -0.3 is 14.0 Å². The molecule has 1 N–H and O–H groups in total. The van der Waals surface area contributed by atoms with Crippen LogP contribution in [0.25, 0.3) is 6.08 Å². The summed E-state index contributed by atoms with van der Waals surface area (Å²) in [6, 6.07) is 4.68. The van der Waals surface area contributed by atoms with Gasteiger partial charge >= 0.3 is 5.97 Å². The summed E-state index contributed by atoms with van der Waals surface area (Å²) in [6.07, 6.45) is 2.72. The van der Waals surface area contributed by atoms with Crippen LogP contribution in [0.3, 0.4) is 0 Å². The fraction of sp³-hybridized carbons (Fsp3) is 0.182. The number of benzene rings is 1. The Morgan fingerprint density at radius 1 is 1.41 bits per heavy atom. The number of hydrogen-bond donors (Lipinski definition) is 1. The Morgan fingerprint density at radius 2 is 2.12 bits per heavy atom. The third kappa shape index (κ3) is 3.69. The number of esters is 1. The second kappa shape index (κ2) is 6.17. The van der Waals surface area contributed by atoms with Crippen molar-refractivity contribution in [2.45, 2.75) is 4.90 Å². The average molecular weight is 256 g/mol. The predicted molar refractivity (Wildman–Crippen MR) is 63.1 cm³/mol. The van der Waals surface area contributed by atoms with Crippen LogP contribution < -0.4 is 4.74 Å². The van der Waals surface area contributed by atoms with Crippen LogP contribution in [0.2, 0.25) is 0 Å². The summed E-state index contributed by atoms with van der Waals surface area (Å²) >= 11 is -2.14. The fourth-order valence-corrected chi connectivity index (χ4v) is 1.73. The molecule has 1 atom stereocenters.